The summed E-state index contributed by atoms with van der Waals surface area (Å²) in [4.78, 5) is 28.7. The molecule has 0 N–H and O–H groups in total. The maximum absolute atomic E-state index is 13.7. The van der Waals surface area contributed by atoms with E-state index in [1.165, 1.54) is 16.2 Å². The number of aryl methyl sites for hydroxylation is 1. The van der Waals surface area contributed by atoms with E-state index in [1.807, 2.05) is 13.0 Å². The molecule has 0 fully saturated rings. The lowest BCUT2D eigenvalue weighted by atomic mass is 9.98. The summed E-state index contributed by atoms with van der Waals surface area (Å²) in [5, 5.41) is 9.99. The van der Waals surface area contributed by atoms with Crippen LogP contribution in [0.15, 0.2) is 45.6 Å². The van der Waals surface area contributed by atoms with Gasteiger partial charge in [0.15, 0.2) is 16.9 Å². The lowest BCUT2D eigenvalue weighted by Crippen LogP contribution is -2.29. The largest absolute Gasteiger partial charge is 0.493 e. The minimum Gasteiger partial charge on any atom is -0.493 e. The number of benzene rings is 2. The van der Waals surface area contributed by atoms with Crippen molar-refractivity contribution in [1.29, 1.82) is 0 Å². The third-order valence-corrected chi connectivity index (χ3v) is 6.59. The Bertz CT molecular complexity index is 1480. The number of methoxy groups -OCH3 is 1. The van der Waals surface area contributed by atoms with Gasteiger partial charge in [0.25, 0.3) is 5.91 Å². The molecule has 5 rings (SSSR count). The average Bonchev–Trinajstić information content (AvgIpc) is 3.39. The summed E-state index contributed by atoms with van der Waals surface area (Å²) in [6.45, 7) is 4.35. The molecule has 0 saturated heterocycles. The number of fused-ring (bicyclic) bond motifs is 2. The van der Waals surface area contributed by atoms with Crippen molar-refractivity contribution in [2.24, 2.45) is 0 Å². The Labute approximate surface area is 203 Å². The number of anilines is 1. The van der Waals surface area contributed by atoms with Crippen molar-refractivity contribution in [3.8, 4) is 11.5 Å². The molecule has 34 heavy (non-hydrogen) atoms. The van der Waals surface area contributed by atoms with Crippen molar-refractivity contribution >= 4 is 44.9 Å². The molecule has 3 heterocycles. The van der Waals surface area contributed by atoms with E-state index in [0.29, 0.717) is 44.2 Å². The van der Waals surface area contributed by atoms with Crippen LogP contribution in [0.2, 0.25) is 5.02 Å². The molecule has 0 bridgehead atoms. The molecular weight excluding hydrogens is 478 g/mol. The zero-order chi connectivity index (χ0) is 24.0. The fourth-order valence-electron chi connectivity index (χ4n) is 4.03. The summed E-state index contributed by atoms with van der Waals surface area (Å²) in [7, 11) is 1.54. The van der Waals surface area contributed by atoms with Crippen LogP contribution in [0.25, 0.3) is 11.0 Å². The summed E-state index contributed by atoms with van der Waals surface area (Å²) >= 11 is 7.40. The van der Waals surface area contributed by atoms with E-state index in [0.717, 1.165) is 6.42 Å². The normalized spacial score (nSPS) is 15.1. The molecule has 1 atom stereocenters. The van der Waals surface area contributed by atoms with Crippen LogP contribution in [-0.2, 0) is 0 Å². The quantitative estimate of drug-likeness (QED) is 0.363. The van der Waals surface area contributed by atoms with Gasteiger partial charge in [-0.2, -0.15) is 0 Å². The number of halogens is 1. The number of hydrogen-bond acceptors (Lipinski definition) is 8. The van der Waals surface area contributed by atoms with E-state index >= 15 is 0 Å². The fourth-order valence-corrected chi connectivity index (χ4v) is 4.91. The number of hydrogen-bond donors (Lipinski definition) is 0. The van der Waals surface area contributed by atoms with Crippen LogP contribution in [0.3, 0.4) is 0 Å². The number of aromatic nitrogens is 2. The van der Waals surface area contributed by atoms with Crippen LogP contribution in [0.5, 0.6) is 11.5 Å². The summed E-state index contributed by atoms with van der Waals surface area (Å²) in [6.07, 6.45) is 0.844. The lowest BCUT2D eigenvalue weighted by molar-refractivity contribution is 0.0970. The highest BCUT2D eigenvalue weighted by molar-refractivity contribution is 7.15. The van der Waals surface area contributed by atoms with Crippen LogP contribution in [0, 0.1) is 6.92 Å². The zero-order valence-corrected chi connectivity index (χ0v) is 20.2. The second kappa shape index (κ2) is 8.73. The summed E-state index contributed by atoms with van der Waals surface area (Å²) in [5.41, 5.74) is 0.828. The van der Waals surface area contributed by atoms with E-state index < -0.39 is 11.9 Å². The van der Waals surface area contributed by atoms with Gasteiger partial charge in [-0.25, -0.2) is 0 Å². The molecule has 10 heteroatoms. The minimum absolute atomic E-state index is 0.0250. The maximum Gasteiger partial charge on any atom is 0.297 e. The molecule has 0 saturated carbocycles. The van der Waals surface area contributed by atoms with Gasteiger partial charge < -0.3 is 13.9 Å². The van der Waals surface area contributed by atoms with Crippen LogP contribution in [0.4, 0.5) is 5.13 Å². The molecule has 1 aliphatic heterocycles. The first-order valence-corrected chi connectivity index (χ1v) is 11.8. The topological polar surface area (TPSA) is 94.8 Å². The number of ether oxygens (including phenoxy) is 2. The molecule has 174 valence electrons. The van der Waals surface area contributed by atoms with Gasteiger partial charge in [-0.3, -0.25) is 14.5 Å². The molecule has 1 aliphatic rings. The van der Waals surface area contributed by atoms with Crippen LogP contribution in [-0.4, -0.2) is 29.8 Å². The number of amides is 1. The van der Waals surface area contributed by atoms with Crippen molar-refractivity contribution in [3.63, 3.8) is 0 Å². The Morgan fingerprint density at radius 2 is 1.97 bits per heavy atom. The van der Waals surface area contributed by atoms with Crippen LogP contribution < -0.4 is 19.8 Å². The van der Waals surface area contributed by atoms with Gasteiger partial charge in [0.1, 0.15) is 10.6 Å². The monoisotopic (exact) mass is 497 g/mol. The number of carbonyl (C=O) groups is 1. The standard InChI is InChI=1S/C24H20ClN3O5S/c1-4-9-32-17-7-5-13(10-18(17)31-3)20-19-21(29)15-11-14(25)6-8-16(15)33-22(19)23(30)28(20)24-27-26-12(2)34-24/h5-8,10-11,20H,4,9H2,1-3H3/t20-/m1/s1. The summed E-state index contributed by atoms with van der Waals surface area (Å²) in [6, 6.07) is 9.30. The van der Waals surface area contributed by atoms with Gasteiger partial charge in [0, 0.05) is 5.02 Å². The second-order valence-corrected chi connectivity index (χ2v) is 9.35. The lowest BCUT2D eigenvalue weighted by Gasteiger charge is -2.23. The number of rotatable bonds is 6. The molecule has 2 aromatic heterocycles. The van der Waals surface area contributed by atoms with Gasteiger partial charge in [-0.05, 0) is 49.2 Å². The SMILES string of the molecule is CCCOc1ccc([C@@H]2c3c(oc4ccc(Cl)cc4c3=O)C(=O)N2c2nnc(C)s2)cc1OC. The van der Waals surface area contributed by atoms with Gasteiger partial charge in [-0.1, -0.05) is 35.9 Å². The first-order valence-electron chi connectivity index (χ1n) is 10.6. The average molecular weight is 498 g/mol. The molecule has 0 unspecified atom stereocenters. The third kappa shape index (κ3) is 3.61. The smallest absolute Gasteiger partial charge is 0.297 e. The van der Waals surface area contributed by atoms with Crippen molar-refractivity contribution in [1.82, 2.24) is 10.2 Å². The van der Waals surface area contributed by atoms with Gasteiger partial charge in [0.05, 0.1) is 30.7 Å². The van der Waals surface area contributed by atoms with Gasteiger partial charge >= 0.3 is 0 Å². The van der Waals surface area contributed by atoms with E-state index in [9.17, 15) is 9.59 Å². The molecule has 0 radical (unpaired) electrons. The summed E-state index contributed by atoms with van der Waals surface area (Å²) < 4.78 is 17.3. The van der Waals surface area contributed by atoms with Gasteiger partial charge in [-0.15, -0.1) is 10.2 Å². The molecular formula is C24H20ClN3O5S. The number of nitrogens with zero attached hydrogens (tertiary/aromatic N) is 3. The Balaban J connectivity index is 1.75. The highest BCUT2D eigenvalue weighted by atomic mass is 35.5. The Morgan fingerprint density at radius 1 is 1.15 bits per heavy atom. The fraction of sp³-hybridized carbons (Fsp3) is 0.250. The van der Waals surface area contributed by atoms with Crippen LogP contribution >= 0.6 is 22.9 Å². The Hall–Kier alpha value is -3.43. The highest BCUT2D eigenvalue weighted by Crippen LogP contribution is 2.44. The highest BCUT2D eigenvalue weighted by Gasteiger charge is 2.45. The van der Waals surface area contributed by atoms with E-state index in [2.05, 4.69) is 10.2 Å². The van der Waals surface area contributed by atoms with E-state index in [1.54, 1.807) is 44.4 Å². The summed E-state index contributed by atoms with van der Waals surface area (Å²) in [5.74, 6) is 0.583. The Morgan fingerprint density at radius 3 is 2.68 bits per heavy atom. The van der Waals surface area contributed by atoms with Crippen LogP contribution in [0.1, 0.15) is 46.1 Å². The molecule has 0 aliphatic carbocycles. The molecule has 0 spiro atoms. The molecule has 2 aromatic carbocycles. The molecule has 1 amide bonds. The Kier molecular flexibility index (Phi) is 5.75. The van der Waals surface area contributed by atoms with Crippen molar-refractivity contribution in [3.05, 3.63) is 73.5 Å². The van der Waals surface area contributed by atoms with E-state index in [4.69, 9.17) is 25.5 Å². The van der Waals surface area contributed by atoms with Crippen molar-refractivity contribution < 1.29 is 18.7 Å². The van der Waals surface area contributed by atoms with Crippen molar-refractivity contribution in [2.45, 2.75) is 26.3 Å². The van der Waals surface area contributed by atoms with Crippen molar-refractivity contribution in [2.75, 3.05) is 18.6 Å². The zero-order valence-electron chi connectivity index (χ0n) is 18.6. The van der Waals surface area contributed by atoms with E-state index in [-0.39, 0.29) is 22.3 Å². The molecule has 4 aromatic rings. The molecule has 8 nitrogen and oxygen atoms in total. The number of carbonyl (C=O) groups excluding carboxylic acids is 1. The minimum atomic E-state index is -0.788. The third-order valence-electron chi connectivity index (χ3n) is 5.52. The second-order valence-electron chi connectivity index (χ2n) is 7.75. The first-order chi connectivity index (χ1) is 16.4. The maximum atomic E-state index is 13.7. The van der Waals surface area contributed by atoms with Gasteiger partial charge in [0.2, 0.25) is 10.9 Å². The predicted octanol–water partition coefficient (Wildman–Crippen LogP) is 5.15. The first kappa shape index (κ1) is 22.4. The predicted molar refractivity (Wildman–Crippen MR) is 130 cm³/mol.